The number of unbranched alkanes of at least 4 members (excludes halogenated alkanes) is 1. The van der Waals surface area contributed by atoms with E-state index in [-0.39, 0.29) is 12.3 Å². The van der Waals surface area contributed by atoms with Crippen molar-refractivity contribution in [2.45, 2.75) is 40.2 Å². The highest BCUT2D eigenvalue weighted by Crippen LogP contribution is 2.17. The zero-order valence-electron chi connectivity index (χ0n) is 11.3. The van der Waals surface area contributed by atoms with E-state index in [1.165, 1.54) is 11.3 Å². The molecule has 0 aliphatic heterocycles. The van der Waals surface area contributed by atoms with Gasteiger partial charge in [-0.05, 0) is 20.3 Å². The smallest absolute Gasteiger partial charge is 0.212 e. The van der Waals surface area contributed by atoms with E-state index in [4.69, 9.17) is 0 Å². The molecule has 2 heterocycles. The zero-order valence-corrected chi connectivity index (χ0v) is 12.9. The number of aromatic nitrogens is 3. The van der Waals surface area contributed by atoms with Crippen LogP contribution in [0.2, 0.25) is 0 Å². The third-order valence-corrected chi connectivity index (χ3v) is 5.06. The highest BCUT2D eigenvalue weighted by atomic mass is 32.2. The lowest BCUT2D eigenvalue weighted by molar-refractivity contribution is 0.576. The third-order valence-electron chi connectivity index (χ3n) is 2.82. The van der Waals surface area contributed by atoms with E-state index in [1.807, 2.05) is 20.8 Å². The summed E-state index contributed by atoms with van der Waals surface area (Å²) in [6, 6.07) is 0. The number of rotatable bonds is 6. The van der Waals surface area contributed by atoms with Crippen molar-refractivity contribution in [2.24, 2.45) is 0 Å². The molecule has 0 saturated heterocycles. The Hall–Kier alpha value is -0.990. The maximum absolute atomic E-state index is 11.8. The van der Waals surface area contributed by atoms with Crippen molar-refractivity contribution in [2.75, 3.05) is 5.75 Å². The molecule has 0 aliphatic carbocycles. The van der Waals surface area contributed by atoms with Crippen molar-refractivity contribution in [1.82, 2.24) is 19.3 Å². The van der Waals surface area contributed by atoms with Crippen LogP contribution in [0.25, 0.3) is 4.96 Å². The first kappa shape index (κ1) is 14.4. The van der Waals surface area contributed by atoms with Crippen molar-refractivity contribution in [1.29, 1.82) is 0 Å². The molecular formula is C11H18N4O2S2. The van der Waals surface area contributed by atoms with Gasteiger partial charge in [-0.25, -0.2) is 22.6 Å². The number of fused-ring (bicyclic) bond motifs is 1. The second kappa shape index (κ2) is 5.56. The monoisotopic (exact) mass is 302 g/mol. The summed E-state index contributed by atoms with van der Waals surface area (Å²) in [5.74, 6) is 0.167. The van der Waals surface area contributed by atoms with Crippen LogP contribution in [0.1, 0.15) is 36.2 Å². The highest BCUT2D eigenvalue weighted by molar-refractivity contribution is 7.89. The second-order valence-corrected chi connectivity index (χ2v) is 7.54. The molecular weight excluding hydrogens is 284 g/mol. The summed E-state index contributed by atoms with van der Waals surface area (Å²) in [5.41, 5.74) is 1.62. The minimum atomic E-state index is -3.21. The molecule has 0 aliphatic rings. The molecule has 2 aromatic heterocycles. The molecule has 0 fully saturated rings. The van der Waals surface area contributed by atoms with Crippen LogP contribution >= 0.6 is 11.3 Å². The lowest BCUT2D eigenvalue weighted by atomic mass is 10.3. The van der Waals surface area contributed by atoms with Crippen LogP contribution in [0.3, 0.4) is 0 Å². The minimum absolute atomic E-state index is 0.167. The molecule has 8 heteroatoms. The maximum Gasteiger partial charge on any atom is 0.212 e. The first-order valence-electron chi connectivity index (χ1n) is 6.22. The van der Waals surface area contributed by atoms with Gasteiger partial charge in [0.05, 0.1) is 23.7 Å². The Kier molecular flexibility index (Phi) is 4.22. The molecule has 0 saturated carbocycles. The predicted octanol–water partition coefficient (Wildman–Crippen LogP) is 1.63. The third kappa shape index (κ3) is 3.31. The Morgan fingerprint density at radius 1 is 1.37 bits per heavy atom. The number of nitrogens with one attached hydrogen (secondary N) is 1. The van der Waals surface area contributed by atoms with Gasteiger partial charge in [0.2, 0.25) is 15.0 Å². The lowest BCUT2D eigenvalue weighted by Gasteiger charge is -2.05. The molecule has 0 atom stereocenters. The Morgan fingerprint density at radius 2 is 2.11 bits per heavy atom. The Balaban J connectivity index is 2.15. The fraction of sp³-hybridized carbons (Fsp3) is 0.636. The topological polar surface area (TPSA) is 76.4 Å². The van der Waals surface area contributed by atoms with Crippen LogP contribution in [0.5, 0.6) is 0 Å². The van der Waals surface area contributed by atoms with Crippen molar-refractivity contribution in [3.63, 3.8) is 0 Å². The van der Waals surface area contributed by atoms with Gasteiger partial charge in [0.1, 0.15) is 5.01 Å². The largest absolute Gasteiger partial charge is 0.223 e. The van der Waals surface area contributed by atoms with Crippen molar-refractivity contribution >= 4 is 26.3 Å². The first-order valence-corrected chi connectivity index (χ1v) is 8.69. The number of hydrogen-bond acceptors (Lipinski definition) is 5. The van der Waals surface area contributed by atoms with Crippen LogP contribution in [0, 0.1) is 13.8 Å². The lowest BCUT2D eigenvalue weighted by Crippen LogP contribution is -2.26. The van der Waals surface area contributed by atoms with Crippen molar-refractivity contribution < 1.29 is 8.42 Å². The molecule has 6 nitrogen and oxygen atoms in total. The van der Waals surface area contributed by atoms with Gasteiger partial charge >= 0.3 is 0 Å². The van der Waals surface area contributed by atoms with Gasteiger partial charge in [0, 0.05) is 0 Å². The SMILES string of the molecule is CCCCS(=O)(=O)NCc1c(C)nc2sc(C)nn12. The summed E-state index contributed by atoms with van der Waals surface area (Å²) >= 11 is 1.50. The average molecular weight is 302 g/mol. The van der Waals surface area contributed by atoms with Gasteiger partial charge in [-0.15, -0.1) is 0 Å². The standard InChI is InChI=1S/C11H18N4O2S2/c1-4-5-6-19(16,17)12-7-10-8(2)13-11-15(10)14-9(3)18-11/h12H,4-7H2,1-3H3. The van der Waals surface area contributed by atoms with Gasteiger partial charge in [0.25, 0.3) is 0 Å². The van der Waals surface area contributed by atoms with E-state index in [9.17, 15) is 8.42 Å². The highest BCUT2D eigenvalue weighted by Gasteiger charge is 2.15. The van der Waals surface area contributed by atoms with Gasteiger partial charge in [-0.2, -0.15) is 5.10 Å². The van der Waals surface area contributed by atoms with Gasteiger partial charge < -0.3 is 0 Å². The Labute approximate surface area is 116 Å². The van der Waals surface area contributed by atoms with E-state index >= 15 is 0 Å². The molecule has 0 spiro atoms. The van der Waals surface area contributed by atoms with Crippen LogP contribution in [-0.2, 0) is 16.6 Å². The second-order valence-electron chi connectivity index (χ2n) is 4.45. The molecule has 0 aromatic carbocycles. The summed E-state index contributed by atoms with van der Waals surface area (Å²) < 4.78 is 27.9. The minimum Gasteiger partial charge on any atom is -0.223 e. The van der Waals surface area contributed by atoms with E-state index in [2.05, 4.69) is 14.8 Å². The Morgan fingerprint density at radius 3 is 2.79 bits per heavy atom. The molecule has 2 rings (SSSR count). The summed E-state index contributed by atoms with van der Waals surface area (Å²) in [5, 5.41) is 5.25. The van der Waals surface area contributed by atoms with E-state index in [1.54, 1.807) is 4.52 Å². The van der Waals surface area contributed by atoms with Crippen LogP contribution in [-0.4, -0.2) is 28.8 Å². The molecule has 19 heavy (non-hydrogen) atoms. The zero-order chi connectivity index (χ0) is 14.0. The number of nitrogens with zero attached hydrogens (tertiary/aromatic N) is 3. The van der Waals surface area contributed by atoms with Crippen LogP contribution in [0.15, 0.2) is 0 Å². The molecule has 0 radical (unpaired) electrons. The number of aryl methyl sites for hydroxylation is 2. The number of hydrogen-bond donors (Lipinski definition) is 1. The molecule has 2 aromatic rings. The van der Waals surface area contributed by atoms with Gasteiger partial charge in [0.15, 0.2) is 0 Å². The molecule has 0 amide bonds. The predicted molar refractivity (Wildman–Crippen MR) is 75.9 cm³/mol. The van der Waals surface area contributed by atoms with Gasteiger partial charge in [-0.3, -0.25) is 0 Å². The van der Waals surface area contributed by atoms with E-state index in [0.717, 1.165) is 27.8 Å². The maximum atomic E-state index is 11.8. The normalized spacial score (nSPS) is 12.4. The fourth-order valence-electron chi connectivity index (χ4n) is 1.77. The molecule has 0 bridgehead atoms. The Bertz CT molecular complexity index is 672. The summed E-state index contributed by atoms with van der Waals surface area (Å²) in [7, 11) is -3.21. The van der Waals surface area contributed by atoms with Crippen LogP contribution < -0.4 is 4.72 Å². The molecule has 0 unspecified atom stereocenters. The molecule has 1 N–H and O–H groups in total. The first-order chi connectivity index (χ1) is 8.93. The van der Waals surface area contributed by atoms with E-state index in [0.29, 0.717) is 6.42 Å². The van der Waals surface area contributed by atoms with Crippen LogP contribution in [0.4, 0.5) is 0 Å². The van der Waals surface area contributed by atoms with Crippen molar-refractivity contribution in [3.05, 3.63) is 16.4 Å². The van der Waals surface area contributed by atoms with Gasteiger partial charge in [-0.1, -0.05) is 24.7 Å². The summed E-state index contributed by atoms with van der Waals surface area (Å²) in [4.78, 5) is 5.18. The number of sulfonamides is 1. The number of imidazole rings is 1. The summed E-state index contributed by atoms with van der Waals surface area (Å²) in [6.07, 6.45) is 1.54. The average Bonchev–Trinajstić information content (AvgIpc) is 2.80. The van der Waals surface area contributed by atoms with E-state index < -0.39 is 10.0 Å². The summed E-state index contributed by atoms with van der Waals surface area (Å²) in [6.45, 7) is 5.98. The quantitative estimate of drug-likeness (QED) is 0.880. The fourth-order valence-corrected chi connectivity index (χ4v) is 3.75. The molecule has 106 valence electrons. The van der Waals surface area contributed by atoms with Crippen molar-refractivity contribution in [3.8, 4) is 0 Å².